The molecule has 3 aromatic carbocycles. The fourth-order valence-electron chi connectivity index (χ4n) is 4.43. The van der Waals surface area contributed by atoms with Crippen molar-refractivity contribution in [3.05, 3.63) is 85.3 Å². The van der Waals surface area contributed by atoms with Gasteiger partial charge in [-0.2, -0.15) is 5.10 Å². The van der Waals surface area contributed by atoms with E-state index in [0.29, 0.717) is 17.4 Å². The van der Waals surface area contributed by atoms with Crippen molar-refractivity contribution in [2.24, 2.45) is 5.10 Å². The Hall–Kier alpha value is -2.22. The summed E-state index contributed by atoms with van der Waals surface area (Å²) in [6, 6.07) is 17.9. The van der Waals surface area contributed by atoms with Crippen molar-refractivity contribution < 1.29 is 14.2 Å². The van der Waals surface area contributed by atoms with Gasteiger partial charge in [0.25, 0.3) is 0 Å². The van der Waals surface area contributed by atoms with E-state index < -0.39 is 6.23 Å². The fourth-order valence-corrected chi connectivity index (χ4v) is 5.91. The van der Waals surface area contributed by atoms with Gasteiger partial charge in [0.1, 0.15) is 5.75 Å². The Morgan fingerprint density at radius 3 is 2.63 bits per heavy atom. The van der Waals surface area contributed by atoms with Gasteiger partial charge in [-0.05, 0) is 70.4 Å². The number of rotatable bonds is 7. The van der Waals surface area contributed by atoms with Crippen LogP contribution < -0.4 is 14.2 Å². The molecule has 0 N–H and O–H groups in total. The van der Waals surface area contributed by atoms with Crippen molar-refractivity contribution in [1.29, 1.82) is 0 Å². The molecule has 0 fully saturated rings. The number of hydrazone groups is 1. The van der Waals surface area contributed by atoms with E-state index in [1.165, 1.54) is 0 Å². The van der Waals surface area contributed by atoms with E-state index in [1.807, 2.05) is 48.5 Å². The lowest BCUT2D eigenvalue weighted by molar-refractivity contribution is -0.0198. The first-order chi connectivity index (χ1) is 17.0. The van der Waals surface area contributed by atoms with Crippen molar-refractivity contribution in [3.8, 4) is 17.2 Å². The van der Waals surface area contributed by atoms with Crippen molar-refractivity contribution in [3.63, 3.8) is 0 Å². The molecule has 2 atom stereocenters. The minimum Gasteiger partial charge on any atom is -0.493 e. The first kappa shape index (κ1) is 24.5. The molecular formula is C27H25Br2ClN2O3. The van der Waals surface area contributed by atoms with E-state index in [1.54, 1.807) is 7.11 Å². The summed E-state index contributed by atoms with van der Waals surface area (Å²) in [6.45, 7) is 2.80. The Bertz CT molecular complexity index is 1270. The molecule has 5 nitrogen and oxygen atoms in total. The van der Waals surface area contributed by atoms with Gasteiger partial charge in [-0.15, -0.1) is 0 Å². The zero-order valence-corrected chi connectivity index (χ0v) is 23.4. The molecule has 0 unspecified atom stereocenters. The lowest BCUT2D eigenvalue weighted by Crippen LogP contribution is -2.34. The Balaban J connectivity index is 1.55. The summed E-state index contributed by atoms with van der Waals surface area (Å²) in [6.07, 6.45) is 2.40. The molecule has 0 saturated heterocycles. The Morgan fingerprint density at radius 1 is 1.09 bits per heavy atom. The molecule has 0 aromatic heterocycles. The van der Waals surface area contributed by atoms with Crippen LogP contribution in [0.5, 0.6) is 17.2 Å². The second kappa shape index (κ2) is 10.4. The molecule has 0 aliphatic carbocycles. The molecule has 2 aliphatic heterocycles. The standard InChI is InChI=1S/C27H25Br2ClN2O3/c1-3-4-11-34-24-10-7-17(12-25(24)33-2)27-32-23(20-13-18(28)14-21(29)26(20)35-27)15-22(31-32)16-5-8-19(30)9-6-16/h5-10,12-14,23,27H,3-4,11,15H2,1-2H3/t23-,27-/m1/s1. The van der Waals surface area contributed by atoms with Gasteiger partial charge < -0.3 is 14.2 Å². The maximum atomic E-state index is 6.59. The van der Waals surface area contributed by atoms with E-state index in [4.69, 9.17) is 30.9 Å². The van der Waals surface area contributed by atoms with Gasteiger partial charge >= 0.3 is 0 Å². The van der Waals surface area contributed by atoms with Crippen molar-refractivity contribution in [1.82, 2.24) is 5.01 Å². The molecule has 0 saturated carbocycles. The normalized spacial score (nSPS) is 18.4. The minimum atomic E-state index is -0.423. The molecule has 2 heterocycles. The highest BCUT2D eigenvalue weighted by molar-refractivity contribution is 9.11. The summed E-state index contributed by atoms with van der Waals surface area (Å²) >= 11 is 13.5. The van der Waals surface area contributed by atoms with Crippen LogP contribution in [0, 0.1) is 0 Å². The average Bonchev–Trinajstić information content (AvgIpc) is 3.30. The molecule has 0 amide bonds. The van der Waals surface area contributed by atoms with Crippen LogP contribution in [0.15, 0.2) is 68.6 Å². The van der Waals surface area contributed by atoms with Crippen LogP contribution >= 0.6 is 43.5 Å². The smallest absolute Gasteiger partial charge is 0.214 e. The van der Waals surface area contributed by atoms with Crippen molar-refractivity contribution in [2.45, 2.75) is 38.5 Å². The second-order valence-electron chi connectivity index (χ2n) is 8.54. The fraction of sp³-hybridized carbons (Fsp3) is 0.296. The summed E-state index contributed by atoms with van der Waals surface area (Å²) in [5, 5.41) is 7.80. The van der Waals surface area contributed by atoms with E-state index in [9.17, 15) is 0 Å². The van der Waals surface area contributed by atoms with E-state index >= 15 is 0 Å². The maximum Gasteiger partial charge on any atom is 0.214 e. The lowest BCUT2D eigenvalue weighted by atomic mass is 9.96. The Labute approximate surface area is 227 Å². The molecule has 182 valence electrons. The van der Waals surface area contributed by atoms with Crippen molar-refractivity contribution in [2.75, 3.05) is 13.7 Å². The van der Waals surface area contributed by atoms with Gasteiger partial charge in [-0.25, -0.2) is 5.01 Å². The largest absolute Gasteiger partial charge is 0.493 e. The number of halogens is 3. The average molecular weight is 621 g/mol. The van der Waals surface area contributed by atoms with E-state index in [2.05, 4.69) is 49.9 Å². The van der Waals surface area contributed by atoms with Gasteiger partial charge in [-0.3, -0.25) is 0 Å². The number of unbranched alkanes of at least 4 members (excludes halogenated alkanes) is 1. The number of nitrogens with zero attached hydrogens (tertiary/aromatic N) is 2. The molecule has 35 heavy (non-hydrogen) atoms. The molecule has 2 aliphatic rings. The number of benzene rings is 3. The zero-order valence-electron chi connectivity index (χ0n) is 19.4. The molecule has 0 spiro atoms. The highest BCUT2D eigenvalue weighted by atomic mass is 79.9. The molecule has 3 aromatic rings. The number of methoxy groups -OCH3 is 1. The summed E-state index contributed by atoms with van der Waals surface area (Å²) in [5.41, 5.74) is 4.07. The van der Waals surface area contributed by atoms with Gasteiger partial charge in [-0.1, -0.05) is 53.0 Å². The Kier molecular flexibility index (Phi) is 7.28. The summed E-state index contributed by atoms with van der Waals surface area (Å²) in [7, 11) is 1.66. The number of hydrogen-bond donors (Lipinski definition) is 0. The van der Waals surface area contributed by atoms with Crippen LogP contribution in [0.3, 0.4) is 0 Å². The zero-order chi connectivity index (χ0) is 24.5. The number of hydrogen-bond acceptors (Lipinski definition) is 5. The number of ether oxygens (including phenoxy) is 3. The lowest BCUT2D eigenvalue weighted by Gasteiger charge is -2.38. The van der Waals surface area contributed by atoms with Gasteiger partial charge in [0.05, 0.1) is 29.9 Å². The third-order valence-corrected chi connectivity index (χ3v) is 7.51. The number of fused-ring (bicyclic) bond motifs is 3. The van der Waals surface area contributed by atoms with Gasteiger partial charge in [0.15, 0.2) is 11.5 Å². The predicted molar refractivity (Wildman–Crippen MR) is 146 cm³/mol. The van der Waals surface area contributed by atoms with Gasteiger partial charge in [0.2, 0.25) is 6.23 Å². The maximum absolute atomic E-state index is 6.59. The predicted octanol–water partition coefficient (Wildman–Crippen LogP) is 8.29. The third kappa shape index (κ3) is 4.91. The molecule has 0 radical (unpaired) electrons. The first-order valence-corrected chi connectivity index (χ1v) is 13.5. The SMILES string of the molecule is CCCCOc1ccc([C@H]2Oc3c(Br)cc(Br)cc3[C@H]3CC(c4ccc(Cl)cc4)=NN32)cc1OC. The second-order valence-corrected chi connectivity index (χ2v) is 10.7. The van der Waals surface area contributed by atoms with E-state index in [0.717, 1.165) is 62.1 Å². The van der Waals surface area contributed by atoms with E-state index in [-0.39, 0.29) is 6.04 Å². The molecule has 0 bridgehead atoms. The minimum absolute atomic E-state index is 0.0229. The Morgan fingerprint density at radius 2 is 1.89 bits per heavy atom. The van der Waals surface area contributed by atoms with Crippen LogP contribution in [-0.4, -0.2) is 24.4 Å². The van der Waals surface area contributed by atoms with Crippen LogP contribution in [0.1, 0.15) is 55.1 Å². The first-order valence-electron chi connectivity index (χ1n) is 11.6. The summed E-state index contributed by atoms with van der Waals surface area (Å²) in [4.78, 5) is 0. The van der Waals surface area contributed by atoms with Crippen LogP contribution in [0.2, 0.25) is 5.02 Å². The van der Waals surface area contributed by atoms with Crippen LogP contribution in [0.25, 0.3) is 0 Å². The third-order valence-electron chi connectivity index (χ3n) is 6.21. The summed E-state index contributed by atoms with van der Waals surface area (Å²) in [5.74, 6) is 2.24. The molecular weight excluding hydrogens is 596 g/mol. The van der Waals surface area contributed by atoms with Crippen molar-refractivity contribution >= 4 is 49.2 Å². The van der Waals surface area contributed by atoms with Gasteiger partial charge in [0, 0.05) is 27.0 Å². The summed E-state index contributed by atoms with van der Waals surface area (Å²) < 4.78 is 20.1. The highest BCUT2D eigenvalue weighted by Crippen LogP contribution is 2.51. The highest BCUT2D eigenvalue weighted by Gasteiger charge is 2.42. The molecule has 8 heteroatoms. The topological polar surface area (TPSA) is 43.3 Å². The monoisotopic (exact) mass is 618 g/mol. The van der Waals surface area contributed by atoms with Crippen LogP contribution in [0.4, 0.5) is 0 Å². The van der Waals surface area contributed by atoms with Crippen LogP contribution in [-0.2, 0) is 0 Å². The molecule has 5 rings (SSSR count). The quantitative estimate of drug-likeness (QED) is 0.249.